The Labute approximate surface area is 201 Å². The van der Waals surface area contributed by atoms with E-state index < -0.39 is 5.67 Å². The van der Waals surface area contributed by atoms with Crippen molar-refractivity contribution in [2.45, 2.75) is 71.1 Å². The van der Waals surface area contributed by atoms with Crippen LogP contribution in [0.1, 0.15) is 67.7 Å². The number of nitrogens with zero attached hydrogens (tertiary/aromatic N) is 3. The number of hydrogen-bond acceptors (Lipinski definition) is 4. The highest BCUT2D eigenvalue weighted by Crippen LogP contribution is 2.43. The molecule has 4 heterocycles. The van der Waals surface area contributed by atoms with Gasteiger partial charge in [-0.2, -0.15) is 0 Å². The van der Waals surface area contributed by atoms with E-state index in [9.17, 15) is 4.39 Å². The molecule has 33 heavy (non-hydrogen) atoms. The predicted molar refractivity (Wildman–Crippen MR) is 136 cm³/mol. The number of thiazole rings is 1. The maximum absolute atomic E-state index is 14.9. The van der Waals surface area contributed by atoms with Gasteiger partial charge in [-0.25, -0.2) is 9.37 Å². The number of alkyl halides is 1. The Hall–Kier alpha value is -1.76. The highest BCUT2D eigenvalue weighted by Gasteiger charge is 2.39. The molecule has 2 aliphatic rings. The molecule has 2 aromatic heterocycles. The second-order valence-electron chi connectivity index (χ2n) is 10.7. The molecule has 0 spiro atoms. The Kier molecular flexibility index (Phi) is 6.36. The molecular weight excluding hydrogens is 431 g/mol. The third-order valence-electron chi connectivity index (χ3n) is 7.29. The lowest BCUT2D eigenvalue weighted by molar-refractivity contribution is 0.0678. The van der Waals surface area contributed by atoms with Gasteiger partial charge in [0.05, 0.1) is 11.0 Å². The largest absolute Gasteiger partial charge is 0.357 e. The molecule has 0 amide bonds. The normalized spacial score (nSPS) is 24.6. The molecule has 5 rings (SSSR count). The second-order valence-corrected chi connectivity index (χ2v) is 11.9. The van der Waals surface area contributed by atoms with Crippen LogP contribution in [0.15, 0.2) is 30.5 Å². The first kappa shape index (κ1) is 23.0. The van der Waals surface area contributed by atoms with Crippen LogP contribution in [0.2, 0.25) is 0 Å². The molecule has 1 fully saturated rings. The molecule has 6 heteroatoms. The van der Waals surface area contributed by atoms with E-state index in [1.54, 1.807) is 13.8 Å². The summed E-state index contributed by atoms with van der Waals surface area (Å²) in [7, 11) is 0. The van der Waals surface area contributed by atoms with Gasteiger partial charge < -0.3 is 9.88 Å². The van der Waals surface area contributed by atoms with Gasteiger partial charge in [-0.05, 0) is 70.7 Å². The van der Waals surface area contributed by atoms with E-state index in [1.807, 2.05) is 11.3 Å². The van der Waals surface area contributed by atoms with E-state index in [0.717, 1.165) is 12.8 Å². The number of aromatic nitrogens is 2. The molecule has 2 aliphatic heterocycles. The first-order valence-corrected chi connectivity index (χ1v) is 13.3. The fraction of sp³-hybridized carbons (Fsp3) is 0.593. The third kappa shape index (κ3) is 4.75. The Morgan fingerprint density at radius 2 is 2.09 bits per heavy atom. The first-order chi connectivity index (χ1) is 15.8. The number of likely N-dealkylation sites (tertiary alicyclic amines) is 1. The van der Waals surface area contributed by atoms with Crippen molar-refractivity contribution in [1.29, 1.82) is 0 Å². The number of fused-ring (bicyclic) bond motifs is 3. The molecule has 3 atom stereocenters. The second kappa shape index (κ2) is 9.12. The third-order valence-corrected chi connectivity index (χ3v) is 8.36. The van der Waals surface area contributed by atoms with Crippen LogP contribution < -0.4 is 0 Å². The summed E-state index contributed by atoms with van der Waals surface area (Å²) in [5, 5.41) is 2.53. The Morgan fingerprint density at radius 3 is 2.88 bits per heavy atom. The van der Waals surface area contributed by atoms with Crippen molar-refractivity contribution in [2.75, 3.05) is 26.2 Å². The molecule has 1 N–H and O–H groups in total. The summed E-state index contributed by atoms with van der Waals surface area (Å²) in [5.41, 5.74) is 2.53. The van der Waals surface area contributed by atoms with E-state index in [2.05, 4.69) is 59.1 Å². The van der Waals surface area contributed by atoms with E-state index in [1.165, 1.54) is 64.5 Å². The predicted octanol–water partition coefficient (Wildman–Crippen LogP) is 5.98. The minimum absolute atomic E-state index is 0.0255. The smallest absolute Gasteiger partial charge is 0.118 e. The molecule has 0 aliphatic carbocycles. The van der Waals surface area contributed by atoms with Crippen LogP contribution in [0.25, 0.3) is 10.9 Å². The van der Waals surface area contributed by atoms with Crippen LogP contribution in [0.3, 0.4) is 0 Å². The zero-order valence-electron chi connectivity index (χ0n) is 20.4. The van der Waals surface area contributed by atoms with Crippen molar-refractivity contribution in [2.24, 2.45) is 5.92 Å². The maximum atomic E-state index is 14.9. The lowest BCUT2D eigenvalue weighted by Crippen LogP contribution is -2.47. The van der Waals surface area contributed by atoms with Gasteiger partial charge in [-0.1, -0.05) is 25.1 Å². The average molecular weight is 469 g/mol. The van der Waals surface area contributed by atoms with Crippen molar-refractivity contribution in [3.05, 3.63) is 51.6 Å². The summed E-state index contributed by atoms with van der Waals surface area (Å²) in [4.78, 5) is 14.8. The summed E-state index contributed by atoms with van der Waals surface area (Å²) in [6, 6.07) is 8.85. The van der Waals surface area contributed by atoms with Crippen LogP contribution in [0.5, 0.6) is 0 Å². The monoisotopic (exact) mass is 468 g/mol. The van der Waals surface area contributed by atoms with E-state index >= 15 is 0 Å². The fourth-order valence-electron chi connectivity index (χ4n) is 5.89. The Morgan fingerprint density at radius 1 is 1.27 bits per heavy atom. The van der Waals surface area contributed by atoms with Crippen LogP contribution >= 0.6 is 11.3 Å². The summed E-state index contributed by atoms with van der Waals surface area (Å²) >= 11 is 1.83. The van der Waals surface area contributed by atoms with Gasteiger partial charge in [-0.3, -0.25) is 4.90 Å². The van der Waals surface area contributed by atoms with Crippen molar-refractivity contribution >= 4 is 22.2 Å². The van der Waals surface area contributed by atoms with Gasteiger partial charge in [0, 0.05) is 53.2 Å². The minimum atomic E-state index is -1.25. The van der Waals surface area contributed by atoms with Gasteiger partial charge >= 0.3 is 0 Å². The Balaban J connectivity index is 1.47. The van der Waals surface area contributed by atoms with Crippen LogP contribution in [-0.2, 0) is 12.8 Å². The van der Waals surface area contributed by atoms with Crippen LogP contribution in [0, 0.1) is 5.92 Å². The molecule has 0 radical (unpaired) electrons. The fourth-order valence-corrected chi connectivity index (χ4v) is 7.05. The molecule has 178 valence electrons. The number of hydrogen-bond donors (Lipinski definition) is 1. The van der Waals surface area contributed by atoms with Crippen molar-refractivity contribution in [3.8, 4) is 0 Å². The standard InChI is InChI=1S/C27H37FN4S/c1-5-11-31-12-10-19(16-31)14-24-29-15-23(33-24)26-25-21(20-8-6-7-9-22(20)30-25)13-18(2)32(26)17-27(3,4)28/h6-9,15,18-19,26,30H,5,10-14,16-17H2,1-4H3/t18-,19+,26-/m1/s1. The number of aromatic amines is 1. The summed E-state index contributed by atoms with van der Waals surface area (Å²) in [5.74, 6) is 0.699. The topological polar surface area (TPSA) is 35.2 Å². The molecule has 0 saturated carbocycles. The van der Waals surface area contributed by atoms with Gasteiger partial charge in [0.2, 0.25) is 0 Å². The number of halogens is 1. The highest BCUT2D eigenvalue weighted by molar-refractivity contribution is 7.11. The quantitative estimate of drug-likeness (QED) is 0.463. The summed E-state index contributed by atoms with van der Waals surface area (Å²) < 4.78 is 14.9. The van der Waals surface area contributed by atoms with Gasteiger partial charge in [0.25, 0.3) is 0 Å². The van der Waals surface area contributed by atoms with Gasteiger partial charge in [0.1, 0.15) is 5.67 Å². The zero-order chi connectivity index (χ0) is 23.2. The maximum Gasteiger partial charge on any atom is 0.118 e. The number of nitrogens with one attached hydrogen (secondary N) is 1. The highest BCUT2D eigenvalue weighted by atomic mass is 32.1. The number of rotatable bonds is 7. The number of para-hydroxylation sites is 1. The van der Waals surface area contributed by atoms with Crippen LogP contribution in [-0.4, -0.2) is 57.7 Å². The Bertz CT molecular complexity index is 1100. The lowest BCUT2D eigenvalue weighted by atomic mass is 9.90. The van der Waals surface area contributed by atoms with Crippen molar-refractivity contribution in [1.82, 2.24) is 19.8 Å². The molecular formula is C27H37FN4S. The van der Waals surface area contributed by atoms with Gasteiger partial charge in [0.15, 0.2) is 0 Å². The van der Waals surface area contributed by atoms with E-state index in [0.29, 0.717) is 12.5 Å². The molecule has 4 nitrogen and oxygen atoms in total. The molecule has 1 aromatic carbocycles. The van der Waals surface area contributed by atoms with Gasteiger partial charge in [-0.15, -0.1) is 11.3 Å². The summed E-state index contributed by atoms with van der Waals surface area (Å²) in [6.07, 6.45) is 6.55. The number of benzene rings is 1. The molecule has 0 unspecified atom stereocenters. The summed E-state index contributed by atoms with van der Waals surface area (Å²) in [6.45, 7) is 11.9. The SMILES string of the molecule is CCCN1CC[C@@H](Cc2ncc([C@@H]3c4[nH]c5ccccc5c4C[C@@H](C)N3CC(C)(C)F)s2)C1. The number of H-pyrrole nitrogens is 1. The molecule has 3 aromatic rings. The zero-order valence-corrected chi connectivity index (χ0v) is 21.2. The average Bonchev–Trinajstić information content (AvgIpc) is 3.48. The molecule has 1 saturated heterocycles. The van der Waals surface area contributed by atoms with Crippen LogP contribution in [0.4, 0.5) is 4.39 Å². The first-order valence-electron chi connectivity index (χ1n) is 12.5. The van der Waals surface area contributed by atoms with Crippen molar-refractivity contribution in [3.63, 3.8) is 0 Å². The van der Waals surface area contributed by atoms with E-state index in [-0.39, 0.29) is 12.1 Å². The van der Waals surface area contributed by atoms with E-state index in [4.69, 9.17) is 4.98 Å². The lowest BCUT2D eigenvalue weighted by Gasteiger charge is -2.42. The molecule has 0 bridgehead atoms. The van der Waals surface area contributed by atoms with Crippen molar-refractivity contribution < 1.29 is 4.39 Å². The minimum Gasteiger partial charge on any atom is -0.357 e.